The first-order valence-electron chi connectivity index (χ1n) is 5.91. The van der Waals surface area contributed by atoms with Crippen molar-refractivity contribution in [3.63, 3.8) is 0 Å². The summed E-state index contributed by atoms with van der Waals surface area (Å²) >= 11 is 0. The molecule has 15 heavy (non-hydrogen) atoms. The largest absolute Gasteiger partial charge is 0.385 e. The summed E-state index contributed by atoms with van der Waals surface area (Å²) in [7, 11) is 0. The van der Waals surface area contributed by atoms with Crippen LogP contribution in [0.2, 0.25) is 0 Å². The zero-order chi connectivity index (χ0) is 10.9. The quantitative estimate of drug-likeness (QED) is 0.744. The molecule has 1 N–H and O–H groups in total. The van der Waals surface area contributed by atoms with Gasteiger partial charge in [0.15, 0.2) is 0 Å². The Kier molecular flexibility index (Phi) is 2.83. The molecule has 82 valence electrons. The van der Waals surface area contributed by atoms with E-state index in [1.54, 1.807) is 0 Å². The van der Waals surface area contributed by atoms with Gasteiger partial charge in [0, 0.05) is 0 Å². The SMILES string of the molecule is C[C@@H]1CC[C@H](C)[C@](O)(c2ccccc2)C1. The maximum atomic E-state index is 10.8. The van der Waals surface area contributed by atoms with E-state index in [2.05, 4.69) is 26.0 Å². The first kappa shape index (κ1) is 10.7. The van der Waals surface area contributed by atoms with Crippen molar-refractivity contribution in [1.29, 1.82) is 0 Å². The molecule has 0 aliphatic heterocycles. The van der Waals surface area contributed by atoms with Gasteiger partial charge < -0.3 is 5.11 Å². The van der Waals surface area contributed by atoms with Crippen LogP contribution in [-0.2, 0) is 5.60 Å². The lowest BCUT2D eigenvalue weighted by molar-refractivity contribution is -0.0627. The minimum Gasteiger partial charge on any atom is -0.385 e. The maximum Gasteiger partial charge on any atom is 0.0924 e. The Bertz CT molecular complexity index is 319. The Balaban J connectivity index is 2.31. The van der Waals surface area contributed by atoms with E-state index in [0.29, 0.717) is 11.8 Å². The summed E-state index contributed by atoms with van der Waals surface area (Å²) in [5.74, 6) is 1.00. The Labute approximate surface area is 92.1 Å². The van der Waals surface area contributed by atoms with Crippen LogP contribution in [0.15, 0.2) is 30.3 Å². The molecular formula is C14H20O. The summed E-state index contributed by atoms with van der Waals surface area (Å²) in [6, 6.07) is 10.1. The molecule has 1 aliphatic carbocycles. The minimum atomic E-state index is -0.598. The van der Waals surface area contributed by atoms with Crippen LogP contribution in [0.1, 0.15) is 38.7 Å². The molecule has 1 heteroatoms. The van der Waals surface area contributed by atoms with Gasteiger partial charge in [-0.3, -0.25) is 0 Å². The molecule has 0 radical (unpaired) electrons. The van der Waals surface area contributed by atoms with Gasteiger partial charge in [-0.25, -0.2) is 0 Å². The minimum absolute atomic E-state index is 0.371. The van der Waals surface area contributed by atoms with Gasteiger partial charge in [-0.05, 0) is 30.2 Å². The highest BCUT2D eigenvalue weighted by molar-refractivity contribution is 5.23. The molecule has 3 atom stereocenters. The van der Waals surface area contributed by atoms with E-state index in [1.807, 2.05) is 18.2 Å². The third-order valence-corrected chi connectivity index (χ3v) is 3.84. The number of aliphatic hydroxyl groups is 1. The standard InChI is InChI=1S/C14H20O/c1-11-8-9-12(2)14(15,10-11)13-6-4-3-5-7-13/h3-7,11-12,15H,8-10H2,1-2H3/t11-,12+,14+/m1/s1. The average molecular weight is 204 g/mol. The second-order valence-electron chi connectivity index (χ2n) is 5.08. The molecule has 2 rings (SSSR count). The Morgan fingerprint density at radius 3 is 2.47 bits per heavy atom. The van der Waals surface area contributed by atoms with E-state index >= 15 is 0 Å². The number of rotatable bonds is 1. The van der Waals surface area contributed by atoms with Gasteiger partial charge in [-0.15, -0.1) is 0 Å². The summed E-state index contributed by atoms with van der Waals surface area (Å²) in [6.07, 6.45) is 3.28. The molecule has 1 nitrogen and oxygen atoms in total. The lowest BCUT2D eigenvalue weighted by atomic mass is 9.69. The van der Waals surface area contributed by atoms with Crippen LogP contribution in [0.4, 0.5) is 0 Å². The van der Waals surface area contributed by atoms with Crippen molar-refractivity contribution in [2.45, 2.75) is 38.7 Å². The van der Waals surface area contributed by atoms with Crippen molar-refractivity contribution in [2.75, 3.05) is 0 Å². The zero-order valence-electron chi connectivity index (χ0n) is 9.61. The highest BCUT2D eigenvalue weighted by Gasteiger charge is 2.39. The first-order chi connectivity index (χ1) is 7.13. The van der Waals surface area contributed by atoms with Crippen LogP contribution < -0.4 is 0 Å². The van der Waals surface area contributed by atoms with Gasteiger partial charge in [0.1, 0.15) is 0 Å². The highest BCUT2D eigenvalue weighted by Crippen LogP contribution is 2.43. The third kappa shape index (κ3) is 1.93. The van der Waals surface area contributed by atoms with Crippen LogP contribution in [0.3, 0.4) is 0 Å². The molecule has 1 aromatic rings. The van der Waals surface area contributed by atoms with E-state index in [9.17, 15) is 5.11 Å². The highest BCUT2D eigenvalue weighted by atomic mass is 16.3. The van der Waals surface area contributed by atoms with Crippen LogP contribution in [0.5, 0.6) is 0 Å². The van der Waals surface area contributed by atoms with Crippen LogP contribution in [-0.4, -0.2) is 5.11 Å². The maximum absolute atomic E-state index is 10.8. The van der Waals surface area contributed by atoms with Gasteiger partial charge in [0.2, 0.25) is 0 Å². The van der Waals surface area contributed by atoms with Gasteiger partial charge in [0.25, 0.3) is 0 Å². The van der Waals surface area contributed by atoms with Gasteiger partial charge in [-0.2, -0.15) is 0 Å². The summed E-state index contributed by atoms with van der Waals surface area (Å²) in [5, 5.41) is 10.8. The second kappa shape index (κ2) is 3.97. The van der Waals surface area contributed by atoms with Gasteiger partial charge in [0.05, 0.1) is 5.60 Å². The summed E-state index contributed by atoms with van der Waals surface area (Å²) < 4.78 is 0. The smallest absolute Gasteiger partial charge is 0.0924 e. The Morgan fingerprint density at radius 2 is 1.80 bits per heavy atom. The molecule has 0 spiro atoms. The van der Waals surface area contributed by atoms with E-state index in [1.165, 1.54) is 6.42 Å². The topological polar surface area (TPSA) is 20.2 Å². The van der Waals surface area contributed by atoms with Crippen LogP contribution in [0.25, 0.3) is 0 Å². The normalized spacial score (nSPS) is 36.5. The predicted octanol–water partition coefficient (Wildman–Crippen LogP) is 3.33. The first-order valence-corrected chi connectivity index (χ1v) is 5.91. The van der Waals surface area contributed by atoms with E-state index in [-0.39, 0.29) is 0 Å². The van der Waals surface area contributed by atoms with Crippen LogP contribution in [0, 0.1) is 11.8 Å². The Morgan fingerprint density at radius 1 is 1.13 bits per heavy atom. The third-order valence-electron chi connectivity index (χ3n) is 3.84. The van der Waals surface area contributed by atoms with Crippen molar-refractivity contribution in [3.8, 4) is 0 Å². The molecule has 0 saturated heterocycles. The number of benzene rings is 1. The van der Waals surface area contributed by atoms with Gasteiger partial charge in [-0.1, -0.05) is 50.6 Å². The molecule has 0 heterocycles. The molecule has 1 aliphatic rings. The molecule has 1 saturated carbocycles. The fraction of sp³-hybridized carbons (Fsp3) is 0.571. The Hall–Kier alpha value is -0.820. The van der Waals surface area contributed by atoms with E-state index in [4.69, 9.17) is 0 Å². The summed E-state index contributed by atoms with van der Waals surface area (Å²) in [6.45, 7) is 4.40. The molecule has 0 bridgehead atoms. The van der Waals surface area contributed by atoms with Crippen molar-refractivity contribution >= 4 is 0 Å². The molecule has 1 fully saturated rings. The van der Waals surface area contributed by atoms with Crippen molar-refractivity contribution < 1.29 is 5.11 Å². The number of hydrogen-bond donors (Lipinski definition) is 1. The van der Waals surface area contributed by atoms with Crippen molar-refractivity contribution in [3.05, 3.63) is 35.9 Å². The predicted molar refractivity (Wildman–Crippen MR) is 62.5 cm³/mol. The molecule has 0 amide bonds. The van der Waals surface area contributed by atoms with Gasteiger partial charge >= 0.3 is 0 Å². The summed E-state index contributed by atoms with van der Waals surface area (Å²) in [5.41, 5.74) is 0.489. The van der Waals surface area contributed by atoms with E-state index < -0.39 is 5.60 Å². The fourth-order valence-corrected chi connectivity index (χ4v) is 2.74. The molecular weight excluding hydrogens is 184 g/mol. The monoisotopic (exact) mass is 204 g/mol. The molecule has 0 aromatic heterocycles. The van der Waals surface area contributed by atoms with Crippen molar-refractivity contribution in [1.82, 2.24) is 0 Å². The zero-order valence-corrected chi connectivity index (χ0v) is 9.61. The average Bonchev–Trinajstić information content (AvgIpc) is 2.25. The van der Waals surface area contributed by atoms with Crippen molar-refractivity contribution in [2.24, 2.45) is 11.8 Å². The molecule has 0 unspecified atom stereocenters. The van der Waals surface area contributed by atoms with E-state index in [0.717, 1.165) is 18.4 Å². The number of hydrogen-bond acceptors (Lipinski definition) is 1. The fourth-order valence-electron chi connectivity index (χ4n) is 2.74. The molecule has 1 aromatic carbocycles. The van der Waals surface area contributed by atoms with Crippen LogP contribution >= 0.6 is 0 Å². The second-order valence-corrected chi connectivity index (χ2v) is 5.08. The lowest BCUT2D eigenvalue weighted by Crippen LogP contribution is -2.39. The summed E-state index contributed by atoms with van der Waals surface area (Å²) in [4.78, 5) is 0. The lowest BCUT2D eigenvalue weighted by Gasteiger charge is -2.41.